The Morgan fingerprint density at radius 2 is 2.18 bits per heavy atom. The monoisotopic (exact) mass is 348 g/mol. The fourth-order valence-electron chi connectivity index (χ4n) is 1.73. The van der Waals surface area contributed by atoms with Gasteiger partial charge in [0, 0.05) is 21.7 Å². The van der Waals surface area contributed by atoms with Crippen molar-refractivity contribution in [1.29, 1.82) is 0 Å². The van der Waals surface area contributed by atoms with E-state index in [1.807, 2.05) is 6.07 Å². The minimum atomic E-state index is -0.354. The number of non-ortho nitro benzene ring substituents is 1. The van der Waals surface area contributed by atoms with Crippen molar-refractivity contribution in [1.82, 2.24) is 5.32 Å². The highest BCUT2D eigenvalue weighted by Gasteiger charge is 2.12. The number of nitrogens with zero attached hydrogens (tertiary/aromatic N) is 1. The van der Waals surface area contributed by atoms with E-state index >= 15 is 0 Å². The third kappa shape index (κ3) is 4.23. The maximum Gasteiger partial charge on any atom is 0.270 e. The number of rotatable bonds is 6. The number of benzene rings is 1. The number of hydrogen-bond donors (Lipinski definition) is 1. The summed E-state index contributed by atoms with van der Waals surface area (Å²) in [6.07, 6.45) is 1.97. The molecule has 0 aromatic heterocycles. The Bertz CT molecular complexity index is 396. The lowest BCUT2D eigenvalue weighted by Crippen LogP contribution is -2.30. The molecule has 94 valence electrons. The maximum atomic E-state index is 10.6. The zero-order valence-electron chi connectivity index (χ0n) is 10.1. The van der Waals surface area contributed by atoms with E-state index in [-0.39, 0.29) is 10.6 Å². The van der Waals surface area contributed by atoms with Crippen molar-refractivity contribution in [3.63, 3.8) is 0 Å². The van der Waals surface area contributed by atoms with Crippen LogP contribution in [0.5, 0.6) is 0 Å². The van der Waals surface area contributed by atoms with Crippen molar-refractivity contribution in [3.05, 3.63) is 37.4 Å². The van der Waals surface area contributed by atoms with Gasteiger partial charge >= 0.3 is 0 Å². The topological polar surface area (TPSA) is 55.2 Å². The second kappa shape index (κ2) is 6.90. The lowest BCUT2D eigenvalue weighted by Gasteiger charge is -2.16. The Morgan fingerprint density at radius 1 is 1.47 bits per heavy atom. The molecule has 0 aliphatic carbocycles. The van der Waals surface area contributed by atoms with Crippen molar-refractivity contribution < 1.29 is 4.92 Å². The molecule has 17 heavy (non-hydrogen) atoms. The molecule has 0 saturated heterocycles. The van der Waals surface area contributed by atoms with Gasteiger partial charge in [0.1, 0.15) is 0 Å². The Balaban J connectivity index is 2.81. The first-order valence-electron chi connectivity index (χ1n) is 5.74. The van der Waals surface area contributed by atoms with E-state index < -0.39 is 0 Å². The predicted octanol–water partition coefficient (Wildman–Crippen LogP) is 3.13. The molecular formula is C12H17IN2O2. The van der Waals surface area contributed by atoms with Gasteiger partial charge in [0.2, 0.25) is 0 Å². The van der Waals surface area contributed by atoms with E-state index in [0.717, 1.165) is 23.0 Å². The fourth-order valence-corrected chi connectivity index (χ4v) is 2.45. The molecule has 0 heterocycles. The summed E-state index contributed by atoms with van der Waals surface area (Å²) in [6, 6.07) is 5.51. The highest BCUT2D eigenvalue weighted by Crippen LogP contribution is 2.21. The van der Waals surface area contributed by atoms with Gasteiger partial charge in [0.15, 0.2) is 0 Å². The number of likely N-dealkylation sites (N-methyl/N-ethyl adjacent to an activating group) is 1. The Morgan fingerprint density at radius 3 is 2.65 bits per heavy atom. The molecule has 0 saturated carbocycles. The fraction of sp³-hybridized carbons (Fsp3) is 0.500. The predicted molar refractivity (Wildman–Crippen MR) is 77.3 cm³/mol. The van der Waals surface area contributed by atoms with Gasteiger partial charge in [-0.2, -0.15) is 0 Å². The smallest absolute Gasteiger partial charge is 0.270 e. The van der Waals surface area contributed by atoms with E-state index in [1.54, 1.807) is 12.1 Å². The molecule has 0 aliphatic heterocycles. The molecule has 1 aromatic rings. The average molecular weight is 348 g/mol. The van der Waals surface area contributed by atoms with Gasteiger partial charge in [-0.3, -0.25) is 10.1 Å². The normalized spacial score (nSPS) is 12.4. The molecule has 0 radical (unpaired) electrons. The summed E-state index contributed by atoms with van der Waals surface area (Å²) in [4.78, 5) is 10.3. The first-order chi connectivity index (χ1) is 8.08. The SMILES string of the molecule is CCNC(CC)Cc1ccc([N+](=O)[O-])cc1I. The van der Waals surface area contributed by atoms with Crippen LogP contribution in [0.4, 0.5) is 5.69 Å². The largest absolute Gasteiger partial charge is 0.314 e. The summed E-state index contributed by atoms with van der Waals surface area (Å²) in [6.45, 7) is 5.18. The van der Waals surface area contributed by atoms with E-state index in [0.29, 0.717) is 6.04 Å². The molecule has 4 nitrogen and oxygen atoms in total. The second-order valence-corrected chi connectivity index (χ2v) is 5.06. The number of halogens is 1. The Labute approximate surface area is 115 Å². The third-order valence-electron chi connectivity index (χ3n) is 2.70. The highest BCUT2D eigenvalue weighted by atomic mass is 127. The van der Waals surface area contributed by atoms with Crippen molar-refractivity contribution in [3.8, 4) is 0 Å². The lowest BCUT2D eigenvalue weighted by molar-refractivity contribution is -0.385. The van der Waals surface area contributed by atoms with Crippen LogP contribution in [-0.2, 0) is 6.42 Å². The summed E-state index contributed by atoms with van der Waals surface area (Å²) in [5, 5.41) is 14.0. The molecule has 0 spiro atoms. The highest BCUT2D eigenvalue weighted by molar-refractivity contribution is 14.1. The van der Waals surface area contributed by atoms with Crippen LogP contribution in [-0.4, -0.2) is 17.5 Å². The van der Waals surface area contributed by atoms with Gasteiger partial charge in [0.05, 0.1) is 4.92 Å². The van der Waals surface area contributed by atoms with Gasteiger partial charge in [-0.05, 0) is 47.5 Å². The maximum absolute atomic E-state index is 10.6. The van der Waals surface area contributed by atoms with Crippen LogP contribution in [0, 0.1) is 13.7 Å². The molecule has 0 aliphatic rings. The molecule has 1 aromatic carbocycles. The van der Waals surface area contributed by atoms with Gasteiger partial charge in [0.25, 0.3) is 5.69 Å². The first-order valence-corrected chi connectivity index (χ1v) is 6.82. The third-order valence-corrected chi connectivity index (χ3v) is 3.70. The van der Waals surface area contributed by atoms with Crippen molar-refractivity contribution >= 4 is 28.3 Å². The summed E-state index contributed by atoms with van der Waals surface area (Å²) in [5.41, 5.74) is 1.33. The van der Waals surface area contributed by atoms with Crippen LogP contribution in [0.15, 0.2) is 18.2 Å². The first kappa shape index (κ1) is 14.4. The van der Waals surface area contributed by atoms with Crippen molar-refractivity contribution in [2.24, 2.45) is 0 Å². The lowest BCUT2D eigenvalue weighted by atomic mass is 10.0. The van der Waals surface area contributed by atoms with E-state index in [1.165, 1.54) is 5.56 Å². The van der Waals surface area contributed by atoms with Crippen LogP contribution in [0.25, 0.3) is 0 Å². The summed E-state index contributed by atoms with van der Waals surface area (Å²) < 4.78 is 0.966. The molecule has 0 fully saturated rings. The Hall–Kier alpha value is -0.690. The zero-order chi connectivity index (χ0) is 12.8. The molecule has 1 atom stereocenters. The average Bonchev–Trinajstić information content (AvgIpc) is 2.30. The molecular weight excluding hydrogens is 331 g/mol. The van der Waals surface area contributed by atoms with Gasteiger partial charge in [-0.15, -0.1) is 0 Å². The summed E-state index contributed by atoms with van der Waals surface area (Å²) in [5.74, 6) is 0. The van der Waals surface area contributed by atoms with Crippen LogP contribution in [0.3, 0.4) is 0 Å². The Kier molecular flexibility index (Phi) is 5.84. The minimum Gasteiger partial charge on any atom is -0.314 e. The van der Waals surface area contributed by atoms with Crippen molar-refractivity contribution in [2.75, 3.05) is 6.54 Å². The van der Waals surface area contributed by atoms with E-state index in [2.05, 4.69) is 41.8 Å². The van der Waals surface area contributed by atoms with Crippen LogP contribution in [0.2, 0.25) is 0 Å². The minimum absolute atomic E-state index is 0.162. The number of hydrogen-bond acceptors (Lipinski definition) is 3. The molecule has 1 N–H and O–H groups in total. The number of nitro groups is 1. The standard InChI is InChI=1S/C12H17IN2O2/c1-3-10(14-4-2)7-9-5-6-11(15(16)17)8-12(9)13/h5-6,8,10,14H,3-4,7H2,1-2H3. The van der Waals surface area contributed by atoms with E-state index in [9.17, 15) is 10.1 Å². The number of nitrogens with one attached hydrogen (secondary N) is 1. The van der Waals surface area contributed by atoms with Gasteiger partial charge in [-0.25, -0.2) is 0 Å². The molecule has 0 amide bonds. The van der Waals surface area contributed by atoms with Crippen LogP contribution < -0.4 is 5.32 Å². The zero-order valence-corrected chi connectivity index (χ0v) is 12.2. The summed E-state index contributed by atoms with van der Waals surface area (Å²) in [7, 11) is 0. The van der Waals surface area contributed by atoms with Crippen LogP contribution >= 0.6 is 22.6 Å². The van der Waals surface area contributed by atoms with Crippen molar-refractivity contribution in [2.45, 2.75) is 32.7 Å². The molecule has 0 bridgehead atoms. The molecule has 1 rings (SSSR count). The van der Waals surface area contributed by atoms with E-state index in [4.69, 9.17) is 0 Å². The second-order valence-electron chi connectivity index (χ2n) is 3.90. The van der Waals surface area contributed by atoms with Crippen LogP contribution in [0.1, 0.15) is 25.8 Å². The number of nitro benzene ring substituents is 1. The van der Waals surface area contributed by atoms with Gasteiger partial charge < -0.3 is 5.32 Å². The summed E-state index contributed by atoms with van der Waals surface area (Å²) >= 11 is 2.17. The molecule has 5 heteroatoms. The quantitative estimate of drug-likeness (QED) is 0.488. The van der Waals surface area contributed by atoms with Gasteiger partial charge in [-0.1, -0.05) is 19.9 Å². The molecule has 1 unspecified atom stereocenters.